The molecule has 0 radical (unpaired) electrons. The molecule has 0 aliphatic rings. The van der Waals surface area contributed by atoms with E-state index in [4.69, 9.17) is 21.4 Å². The summed E-state index contributed by atoms with van der Waals surface area (Å²) < 4.78 is 18.7. The molecule has 3 rings (SSSR count). The molecule has 0 saturated heterocycles. The Morgan fingerprint density at radius 1 is 1.32 bits per heavy atom. The monoisotopic (exact) mass is 399 g/mol. The fourth-order valence-electron chi connectivity index (χ4n) is 2.45. The number of aliphatic hydroxyl groups excluding tert-OH is 1. The van der Waals surface area contributed by atoms with E-state index in [1.54, 1.807) is 18.2 Å². The Hall–Kier alpha value is -3.21. The molecular weight excluding hydrogens is 385 g/mol. The largest absolute Gasteiger partial charge is 0.495 e. The minimum absolute atomic E-state index is 0.00913. The highest BCUT2D eigenvalue weighted by atomic mass is 35.5. The summed E-state index contributed by atoms with van der Waals surface area (Å²) >= 11 is 5.83. The number of hydrogen-bond acceptors (Lipinski definition) is 6. The number of aliphatic hydroxyl groups is 1. The summed E-state index contributed by atoms with van der Waals surface area (Å²) in [5.41, 5.74) is 1.71. The van der Waals surface area contributed by atoms with Gasteiger partial charge in [-0.3, -0.25) is 4.79 Å². The normalized spacial score (nSPS) is 10.3. The molecule has 0 bridgehead atoms. The average molecular weight is 400 g/mol. The highest BCUT2D eigenvalue weighted by Gasteiger charge is 2.10. The van der Waals surface area contributed by atoms with Crippen LogP contribution in [0.5, 0.6) is 5.75 Å². The highest BCUT2D eigenvalue weighted by Crippen LogP contribution is 2.30. The molecule has 142 valence electrons. The molecule has 0 unspecified atom stereocenters. The lowest BCUT2D eigenvalue weighted by Gasteiger charge is -2.11. The fourth-order valence-corrected chi connectivity index (χ4v) is 2.64. The molecule has 1 heterocycles. The summed E-state index contributed by atoms with van der Waals surface area (Å²) in [5, 5.41) is 12.5. The molecule has 0 atom stereocenters. The number of carbonyl (C=O) groups is 1. The Kier molecular flexibility index (Phi) is 6.04. The highest BCUT2D eigenvalue weighted by molar-refractivity contribution is 6.31. The van der Waals surface area contributed by atoms with Crippen LogP contribution in [0, 0.1) is 17.7 Å². The topological polar surface area (TPSA) is 84.3 Å². The minimum atomic E-state index is -0.550. The molecule has 3 aromatic rings. The first-order chi connectivity index (χ1) is 13.5. The summed E-state index contributed by atoms with van der Waals surface area (Å²) in [6, 6.07) is 7.69. The molecule has 28 heavy (non-hydrogen) atoms. The predicted molar refractivity (Wildman–Crippen MR) is 104 cm³/mol. The molecule has 2 aromatic carbocycles. The lowest BCUT2D eigenvalue weighted by Crippen LogP contribution is -2.01. The van der Waals surface area contributed by atoms with Gasteiger partial charge < -0.3 is 15.2 Å². The molecule has 2 N–H and O–H groups in total. The van der Waals surface area contributed by atoms with Crippen molar-refractivity contribution in [3.05, 3.63) is 53.1 Å². The second kappa shape index (κ2) is 8.65. The van der Waals surface area contributed by atoms with Crippen LogP contribution in [-0.2, 0) is 4.79 Å². The van der Waals surface area contributed by atoms with Crippen LogP contribution in [-0.4, -0.2) is 34.6 Å². The van der Waals surface area contributed by atoms with Crippen molar-refractivity contribution < 1.29 is 19.0 Å². The second-order valence-corrected chi connectivity index (χ2v) is 6.13. The Morgan fingerprint density at radius 2 is 2.14 bits per heavy atom. The SMILES string of the molecule is COc1cc2ncnc(Nc3ccc(F)c(Cl)c3)c2cc1C#CCC(=O)CO. The van der Waals surface area contributed by atoms with Gasteiger partial charge >= 0.3 is 0 Å². The van der Waals surface area contributed by atoms with E-state index >= 15 is 0 Å². The van der Waals surface area contributed by atoms with E-state index in [1.807, 2.05) is 0 Å². The third-order valence-electron chi connectivity index (χ3n) is 3.82. The van der Waals surface area contributed by atoms with Crippen molar-refractivity contribution >= 4 is 39.8 Å². The van der Waals surface area contributed by atoms with Crippen LogP contribution >= 0.6 is 11.6 Å². The van der Waals surface area contributed by atoms with E-state index in [0.717, 1.165) is 0 Å². The molecular formula is C20H15ClFN3O3. The number of methoxy groups -OCH3 is 1. The quantitative estimate of drug-likeness (QED) is 0.639. The number of nitrogens with one attached hydrogen (secondary N) is 1. The summed E-state index contributed by atoms with van der Waals surface area (Å²) in [4.78, 5) is 19.7. The zero-order valence-electron chi connectivity index (χ0n) is 14.8. The van der Waals surface area contributed by atoms with Gasteiger partial charge in [-0.1, -0.05) is 23.4 Å². The van der Waals surface area contributed by atoms with Crippen LogP contribution in [0.4, 0.5) is 15.9 Å². The number of hydrogen-bond donors (Lipinski definition) is 2. The fraction of sp³-hybridized carbons (Fsp3) is 0.150. The van der Waals surface area contributed by atoms with Crippen molar-refractivity contribution in [1.82, 2.24) is 9.97 Å². The first-order valence-electron chi connectivity index (χ1n) is 8.18. The van der Waals surface area contributed by atoms with Gasteiger partial charge in [0.05, 0.1) is 29.6 Å². The molecule has 6 nitrogen and oxygen atoms in total. The number of ether oxygens (including phenoxy) is 1. The first-order valence-corrected chi connectivity index (χ1v) is 8.56. The lowest BCUT2D eigenvalue weighted by atomic mass is 10.1. The summed E-state index contributed by atoms with van der Waals surface area (Å²) in [6.07, 6.45) is 1.32. The van der Waals surface area contributed by atoms with Crippen LogP contribution in [0.1, 0.15) is 12.0 Å². The van der Waals surface area contributed by atoms with Crippen LogP contribution in [0.2, 0.25) is 5.02 Å². The van der Waals surface area contributed by atoms with Crippen LogP contribution in [0.3, 0.4) is 0 Å². The Labute approximate surface area is 165 Å². The maximum atomic E-state index is 13.4. The number of nitrogens with zero attached hydrogens (tertiary/aromatic N) is 2. The van der Waals surface area contributed by atoms with E-state index in [9.17, 15) is 9.18 Å². The van der Waals surface area contributed by atoms with Crippen molar-refractivity contribution in [1.29, 1.82) is 0 Å². The Morgan fingerprint density at radius 3 is 2.86 bits per heavy atom. The Bertz CT molecular complexity index is 1110. The van der Waals surface area contributed by atoms with Gasteiger partial charge in [-0.25, -0.2) is 14.4 Å². The second-order valence-electron chi connectivity index (χ2n) is 5.72. The van der Waals surface area contributed by atoms with Gasteiger partial charge in [0.2, 0.25) is 0 Å². The van der Waals surface area contributed by atoms with Gasteiger partial charge in [0.25, 0.3) is 0 Å². The number of ketones is 1. The smallest absolute Gasteiger partial charge is 0.170 e. The number of benzene rings is 2. The van der Waals surface area contributed by atoms with Gasteiger partial charge in [0.15, 0.2) is 5.78 Å². The van der Waals surface area contributed by atoms with Crippen molar-refractivity contribution in [3.8, 4) is 17.6 Å². The third kappa shape index (κ3) is 4.36. The number of carbonyl (C=O) groups excluding carboxylic acids is 1. The standard InChI is InChI=1S/C20H15ClFN3O3/c1-28-19-9-18-15(7-12(19)3-2-4-14(27)10-26)20(24-11-23-18)25-13-5-6-17(22)16(21)8-13/h5-9,11,26H,4,10H2,1H3,(H,23,24,25). The molecule has 0 spiro atoms. The molecule has 0 amide bonds. The lowest BCUT2D eigenvalue weighted by molar-refractivity contribution is -0.120. The molecule has 0 fully saturated rings. The van der Waals surface area contributed by atoms with Crippen molar-refractivity contribution in [3.63, 3.8) is 0 Å². The van der Waals surface area contributed by atoms with Crippen molar-refractivity contribution in [2.75, 3.05) is 19.0 Å². The van der Waals surface area contributed by atoms with Crippen molar-refractivity contribution in [2.45, 2.75) is 6.42 Å². The number of Topliss-reactive ketones (excluding diaryl/α,β-unsaturated/α-hetero) is 1. The number of fused-ring (bicyclic) bond motifs is 1. The zero-order valence-corrected chi connectivity index (χ0v) is 15.5. The van der Waals surface area contributed by atoms with Gasteiger partial charge in [-0.2, -0.15) is 0 Å². The number of anilines is 2. The zero-order chi connectivity index (χ0) is 20.1. The number of aromatic nitrogens is 2. The minimum Gasteiger partial charge on any atom is -0.495 e. The molecule has 0 saturated carbocycles. The van der Waals surface area contributed by atoms with Gasteiger partial charge in [0, 0.05) is 17.1 Å². The van der Waals surface area contributed by atoms with Crippen LogP contribution < -0.4 is 10.1 Å². The molecule has 1 aromatic heterocycles. The molecule has 0 aliphatic heterocycles. The third-order valence-corrected chi connectivity index (χ3v) is 4.11. The Balaban J connectivity index is 2.02. The molecule has 0 aliphatic carbocycles. The van der Waals surface area contributed by atoms with E-state index in [0.29, 0.717) is 33.7 Å². The maximum absolute atomic E-state index is 13.4. The predicted octanol–water partition coefficient (Wildman–Crippen LogP) is 3.48. The van der Waals surface area contributed by atoms with Gasteiger partial charge in [0.1, 0.15) is 30.3 Å². The number of halogens is 2. The van der Waals surface area contributed by atoms with Crippen LogP contribution in [0.15, 0.2) is 36.7 Å². The van der Waals surface area contributed by atoms with Gasteiger partial charge in [-0.05, 0) is 24.3 Å². The van der Waals surface area contributed by atoms with Gasteiger partial charge in [-0.15, -0.1) is 0 Å². The van der Waals surface area contributed by atoms with E-state index < -0.39 is 12.4 Å². The number of rotatable bonds is 5. The van der Waals surface area contributed by atoms with E-state index in [2.05, 4.69) is 27.1 Å². The maximum Gasteiger partial charge on any atom is 0.170 e. The summed E-state index contributed by atoms with van der Waals surface area (Å²) in [7, 11) is 1.51. The van der Waals surface area contributed by atoms with E-state index in [-0.39, 0.29) is 17.2 Å². The summed E-state index contributed by atoms with van der Waals surface area (Å²) in [6.45, 7) is -0.550. The van der Waals surface area contributed by atoms with Crippen LogP contribution in [0.25, 0.3) is 10.9 Å². The molecule has 8 heteroatoms. The van der Waals surface area contributed by atoms with E-state index in [1.165, 1.54) is 25.6 Å². The summed E-state index contributed by atoms with van der Waals surface area (Å²) in [5.74, 6) is 5.67. The van der Waals surface area contributed by atoms with Crippen molar-refractivity contribution in [2.24, 2.45) is 0 Å². The average Bonchev–Trinajstić information content (AvgIpc) is 2.70. The first kappa shape index (κ1) is 19.5.